The van der Waals surface area contributed by atoms with Crippen LogP contribution in [-0.2, 0) is 4.74 Å². The predicted molar refractivity (Wildman–Crippen MR) is 64.9 cm³/mol. The summed E-state index contributed by atoms with van der Waals surface area (Å²) in [6.45, 7) is 7.41. The Morgan fingerprint density at radius 1 is 1.40 bits per heavy atom. The van der Waals surface area contributed by atoms with E-state index in [4.69, 9.17) is 10.5 Å². The largest absolute Gasteiger partial charge is 0.370 e. The lowest BCUT2D eigenvalue weighted by Crippen LogP contribution is -2.46. The first-order valence-electron chi connectivity index (χ1n) is 6.53. The van der Waals surface area contributed by atoms with Crippen molar-refractivity contribution >= 4 is 0 Å². The second-order valence-corrected chi connectivity index (χ2v) is 5.15. The molecule has 0 amide bonds. The minimum absolute atomic E-state index is 0.00560. The highest BCUT2D eigenvalue weighted by Gasteiger charge is 2.36. The third-order valence-corrected chi connectivity index (χ3v) is 3.75. The molecule has 0 aromatic rings. The lowest BCUT2D eigenvalue weighted by molar-refractivity contribution is -0.118. The Labute approximate surface area is 94.6 Å². The van der Waals surface area contributed by atoms with E-state index in [0.29, 0.717) is 12.6 Å². The molecule has 1 fully saturated rings. The second-order valence-electron chi connectivity index (χ2n) is 5.15. The molecular weight excluding hydrogens is 186 g/mol. The van der Waals surface area contributed by atoms with Gasteiger partial charge in [-0.05, 0) is 31.6 Å². The van der Waals surface area contributed by atoms with Crippen molar-refractivity contribution in [3.05, 3.63) is 0 Å². The molecule has 15 heavy (non-hydrogen) atoms. The molecule has 0 aromatic heterocycles. The minimum Gasteiger partial charge on any atom is -0.370 e. The first kappa shape index (κ1) is 13.0. The van der Waals surface area contributed by atoms with Crippen molar-refractivity contribution in [1.29, 1.82) is 0 Å². The fourth-order valence-electron chi connectivity index (χ4n) is 2.76. The number of hydrogen-bond acceptors (Lipinski definition) is 2. The first-order chi connectivity index (χ1) is 7.15. The predicted octanol–water partition coefficient (Wildman–Crippen LogP) is 3.10. The first-order valence-corrected chi connectivity index (χ1v) is 6.53. The normalized spacial score (nSPS) is 32.2. The summed E-state index contributed by atoms with van der Waals surface area (Å²) in [6.07, 6.45) is 7.54. The summed E-state index contributed by atoms with van der Waals surface area (Å²) < 4.78 is 6.27. The molecule has 0 saturated heterocycles. The van der Waals surface area contributed by atoms with E-state index in [9.17, 15) is 0 Å². The molecule has 0 aliphatic heterocycles. The summed E-state index contributed by atoms with van der Waals surface area (Å²) in [5.41, 5.74) is 5.93. The van der Waals surface area contributed by atoms with Crippen LogP contribution >= 0.6 is 0 Å². The molecule has 90 valence electrons. The molecule has 2 unspecified atom stereocenters. The molecule has 0 aromatic carbocycles. The van der Waals surface area contributed by atoms with E-state index in [-0.39, 0.29) is 5.60 Å². The monoisotopic (exact) mass is 213 g/mol. The van der Waals surface area contributed by atoms with Crippen LogP contribution in [0.25, 0.3) is 0 Å². The smallest absolute Gasteiger partial charge is 0.0810 e. The van der Waals surface area contributed by atoms with Crippen LogP contribution in [0.3, 0.4) is 0 Å². The van der Waals surface area contributed by atoms with Crippen molar-refractivity contribution in [2.45, 2.75) is 71.0 Å². The zero-order valence-corrected chi connectivity index (χ0v) is 10.6. The molecule has 2 nitrogen and oxygen atoms in total. The molecule has 0 radical (unpaired) electrons. The molecule has 2 atom stereocenters. The molecule has 2 heteroatoms. The van der Waals surface area contributed by atoms with E-state index in [1.807, 2.05) is 0 Å². The number of hydrogen-bond donors (Lipinski definition) is 1. The lowest BCUT2D eigenvalue weighted by atomic mass is 9.78. The fraction of sp³-hybridized carbons (Fsp3) is 1.00. The second kappa shape index (κ2) is 5.86. The summed E-state index contributed by atoms with van der Waals surface area (Å²) in [5, 5.41) is 0. The van der Waals surface area contributed by atoms with Gasteiger partial charge in [0.2, 0.25) is 0 Å². The van der Waals surface area contributed by atoms with E-state index in [1.54, 1.807) is 0 Å². The molecule has 1 saturated carbocycles. The molecule has 0 bridgehead atoms. The van der Waals surface area contributed by atoms with Crippen molar-refractivity contribution in [1.82, 2.24) is 0 Å². The van der Waals surface area contributed by atoms with Crippen LogP contribution in [0, 0.1) is 5.92 Å². The molecule has 0 heterocycles. The van der Waals surface area contributed by atoms with Crippen LogP contribution in [0.2, 0.25) is 0 Å². The number of ether oxygens (including phenoxy) is 1. The van der Waals surface area contributed by atoms with Crippen molar-refractivity contribution < 1.29 is 4.74 Å². The van der Waals surface area contributed by atoms with Crippen molar-refractivity contribution in [3.63, 3.8) is 0 Å². The molecule has 2 N–H and O–H groups in total. The topological polar surface area (TPSA) is 35.2 Å². The third kappa shape index (κ3) is 3.46. The molecular formula is C13H27NO. The van der Waals surface area contributed by atoms with Gasteiger partial charge < -0.3 is 10.5 Å². The van der Waals surface area contributed by atoms with Crippen LogP contribution in [-0.4, -0.2) is 18.2 Å². The van der Waals surface area contributed by atoms with Crippen LogP contribution < -0.4 is 5.73 Å². The van der Waals surface area contributed by atoms with Gasteiger partial charge in [-0.1, -0.05) is 33.6 Å². The zero-order valence-electron chi connectivity index (χ0n) is 10.6. The number of nitrogens with two attached hydrogens (primary N) is 1. The van der Waals surface area contributed by atoms with Crippen LogP contribution in [0.4, 0.5) is 0 Å². The van der Waals surface area contributed by atoms with Gasteiger partial charge in [0.15, 0.2) is 0 Å². The number of rotatable bonds is 5. The average molecular weight is 213 g/mol. The summed E-state index contributed by atoms with van der Waals surface area (Å²) in [4.78, 5) is 0. The maximum absolute atomic E-state index is 6.27. The summed E-state index contributed by atoms with van der Waals surface area (Å²) in [5.74, 6) is 0.775. The molecule has 1 rings (SSSR count). The van der Waals surface area contributed by atoms with Crippen molar-refractivity contribution in [2.75, 3.05) is 6.54 Å². The average Bonchev–Trinajstić information content (AvgIpc) is 2.26. The lowest BCUT2D eigenvalue weighted by Gasteiger charge is -2.41. The van der Waals surface area contributed by atoms with Gasteiger partial charge >= 0.3 is 0 Å². The van der Waals surface area contributed by atoms with Crippen LogP contribution in [0.5, 0.6) is 0 Å². The Morgan fingerprint density at radius 3 is 2.53 bits per heavy atom. The highest BCUT2D eigenvalue weighted by molar-refractivity contribution is 4.88. The SMILES string of the molecule is CCC(CC)OC1(CN)CCCC(C)C1. The Morgan fingerprint density at radius 2 is 2.07 bits per heavy atom. The Hall–Kier alpha value is -0.0800. The van der Waals surface area contributed by atoms with Gasteiger partial charge in [0, 0.05) is 6.54 Å². The van der Waals surface area contributed by atoms with Crippen LogP contribution in [0.15, 0.2) is 0 Å². The van der Waals surface area contributed by atoms with Gasteiger partial charge in [0.05, 0.1) is 11.7 Å². The van der Waals surface area contributed by atoms with Gasteiger partial charge in [-0.2, -0.15) is 0 Å². The van der Waals surface area contributed by atoms with Crippen LogP contribution in [0.1, 0.15) is 59.3 Å². The summed E-state index contributed by atoms with van der Waals surface area (Å²) in [7, 11) is 0. The standard InChI is InChI=1S/C13H27NO/c1-4-12(5-2)15-13(10-14)8-6-7-11(3)9-13/h11-12H,4-10,14H2,1-3H3. The van der Waals surface area contributed by atoms with Gasteiger partial charge in [0.25, 0.3) is 0 Å². The zero-order chi connectivity index (χ0) is 11.3. The quantitative estimate of drug-likeness (QED) is 0.761. The Bertz CT molecular complexity index is 179. The van der Waals surface area contributed by atoms with E-state index >= 15 is 0 Å². The Balaban J connectivity index is 2.58. The molecule has 1 aliphatic rings. The van der Waals surface area contributed by atoms with E-state index in [2.05, 4.69) is 20.8 Å². The van der Waals surface area contributed by atoms with Gasteiger partial charge in [-0.3, -0.25) is 0 Å². The van der Waals surface area contributed by atoms with Gasteiger partial charge in [-0.25, -0.2) is 0 Å². The highest BCUT2D eigenvalue weighted by Crippen LogP contribution is 2.36. The van der Waals surface area contributed by atoms with E-state index in [1.165, 1.54) is 12.8 Å². The maximum Gasteiger partial charge on any atom is 0.0810 e. The van der Waals surface area contributed by atoms with E-state index in [0.717, 1.165) is 31.6 Å². The van der Waals surface area contributed by atoms with Gasteiger partial charge in [0.1, 0.15) is 0 Å². The van der Waals surface area contributed by atoms with Crippen molar-refractivity contribution in [2.24, 2.45) is 11.7 Å². The summed E-state index contributed by atoms with van der Waals surface area (Å²) >= 11 is 0. The summed E-state index contributed by atoms with van der Waals surface area (Å²) in [6, 6.07) is 0. The molecule has 0 spiro atoms. The van der Waals surface area contributed by atoms with E-state index < -0.39 is 0 Å². The fourth-order valence-corrected chi connectivity index (χ4v) is 2.76. The minimum atomic E-state index is -0.00560. The highest BCUT2D eigenvalue weighted by atomic mass is 16.5. The third-order valence-electron chi connectivity index (χ3n) is 3.75. The van der Waals surface area contributed by atoms with Crippen molar-refractivity contribution in [3.8, 4) is 0 Å². The Kier molecular flexibility index (Phi) is 5.07. The molecule has 1 aliphatic carbocycles. The maximum atomic E-state index is 6.27. The van der Waals surface area contributed by atoms with Gasteiger partial charge in [-0.15, -0.1) is 0 Å².